The summed E-state index contributed by atoms with van der Waals surface area (Å²) in [6.45, 7) is 5.97. The van der Waals surface area contributed by atoms with Crippen molar-refractivity contribution in [1.82, 2.24) is 10.2 Å². The molecule has 1 amide bonds. The maximum atomic E-state index is 12.3. The summed E-state index contributed by atoms with van der Waals surface area (Å²) in [4.78, 5) is 14.7. The van der Waals surface area contributed by atoms with Crippen molar-refractivity contribution in [2.45, 2.75) is 38.6 Å². The minimum absolute atomic E-state index is 0.110. The maximum Gasteiger partial charge on any atom is 0.240 e. The maximum absolute atomic E-state index is 12.3. The van der Waals surface area contributed by atoms with E-state index >= 15 is 0 Å². The van der Waals surface area contributed by atoms with Crippen LogP contribution < -0.4 is 5.32 Å². The number of ether oxygens (including phenoxy) is 1. The number of likely N-dealkylation sites (N-methyl/N-ethyl adjacent to an activating group) is 1. The molecular weight excluding hydrogens is 242 g/mol. The number of rotatable bonds is 4. The van der Waals surface area contributed by atoms with Crippen LogP contribution in [0.1, 0.15) is 32.6 Å². The largest absolute Gasteiger partial charge is 0.381 e. The summed E-state index contributed by atoms with van der Waals surface area (Å²) >= 11 is 0. The molecule has 0 radical (unpaired) electrons. The number of hydrogen-bond acceptors (Lipinski definition) is 4. The number of amides is 1. The van der Waals surface area contributed by atoms with Crippen LogP contribution in [0.3, 0.4) is 0 Å². The third kappa shape index (κ3) is 3.07. The van der Waals surface area contributed by atoms with Gasteiger partial charge in [-0.25, -0.2) is 0 Å². The zero-order valence-corrected chi connectivity index (χ0v) is 11.7. The molecule has 19 heavy (non-hydrogen) atoms. The molecule has 5 heteroatoms. The topological polar surface area (TPSA) is 65.4 Å². The van der Waals surface area contributed by atoms with Gasteiger partial charge in [0.15, 0.2) is 0 Å². The minimum Gasteiger partial charge on any atom is -0.381 e. The third-order valence-corrected chi connectivity index (χ3v) is 4.40. The summed E-state index contributed by atoms with van der Waals surface area (Å²) in [6.07, 6.45) is 3.36. The van der Waals surface area contributed by atoms with Crippen LogP contribution in [0.15, 0.2) is 0 Å². The van der Waals surface area contributed by atoms with Crippen molar-refractivity contribution in [3.05, 3.63) is 0 Å². The number of carbonyl (C=O) groups is 1. The summed E-state index contributed by atoms with van der Waals surface area (Å²) < 4.78 is 5.25. The SMILES string of the molecule is CCN1CCCC1CNC(=O)C1(C#N)CCOCC1. The summed E-state index contributed by atoms with van der Waals surface area (Å²) in [7, 11) is 0. The van der Waals surface area contributed by atoms with E-state index in [4.69, 9.17) is 4.74 Å². The van der Waals surface area contributed by atoms with E-state index in [0.29, 0.717) is 38.6 Å². The second-order valence-corrected chi connectivity index (χ2v) is 5.44. The van der Waals surface area contributed by atoms with Crippen LogP contribution in [0.2, 0.25) is 0 Å². The van der Waals surface area contributed by atoms with E-state index in [2.05, 4.69) is 23.2 Å². The Morgan fingerprint density at radius 3 is 2.89 bits per heavy atom. The summed E-state index contributed by atoms with van der Waals surface area (Å²) in [5.41, 5.74) is -0.867. The second kappa shape index (κ2) is 6.36. The zero-order valence-electron chi connectivity index (χ0n) is 11.7. The highest BCUT2D eigenvalue weighted by molar-refractivity contribution is 5.85. The highest BCUT2D eigenvalue weighted by Gasteiger charge is 2.40. The highest BCUT2D eigenvalue weighted by atomic mass is 16.5. The number of nitriles is 1. The monoisotopic (exact) mass is 265 g/mol. The Kier molecular flexibility index (Phi) is 4.78. The third-order valence-electron chi connectivity index (χ3n) is 4.40. The molecule has 0 aromatic heterocycles. The molecule has 0 bridgehead atoms. The normalized spacial score (nSPS) is 26.8. The molecule has 5 nitrogen and oxygen atoms in total. The number of nitrogens with zero attached hydrogens (tertiary/aromatic N) is 2. The Balaban J connectivity index is 1.88. The molecule has 2 fully saturated rings. The zero-order chi connectivity index (χ0) is 13.7. The van der Waals surface area contributed by atoms with Crippen molar-refractivity contribution in [3.63, 3.8) is 0 Å². The lowest BCUT2D eigenvalue weighted by Gasteiger charge is -2.30. The molecule has 0 saturated carbocycles. The lowest BCUT2D eigenvalue weighted by atomic mass is 9.81. The van der Waals surface area contributed by atoms with E-state index in [1.54, 1.807) is 0 Å². The molecule has 1 unspecified atom stereocenters. The molecule has 106 valence electrons. The fourth-order valence-corrected chi connectivity index (χ4v) is 3.03. The number of nitrogens with one attached hydrogen (secondary N) is 1. The Hall–Kier alpha value is -1.12. The number of carbonyl (C=O) groups excluding carboxylic acids is 1. The highest BCUT2D eigenvalue weighted by Crippen LogP contribution is 2.30. The van der Waals surface area contributed by atoms with Gasteiger partial charge in [-0.2, -0.15) is 5.26 Å². The predicted octanol–water partition coefficient (Wildman–Crippen LogP) is 0.907. The van der Waals surface area contributed by atoms with Crippen LogP contribution in [-0.2, 0) is 9.53 Å². The van der Waals surface area contributed by atoms with Gasteiger partial charge >= 0.3 is 0 Å². The average molecular weight is 265 g/mol. The van der Waals surface area contributed by atoms with Crippen LogP contribution in [0.4, 0.5) is 0 Å². The average Bonchev–Trinajstić information content (AvgIpc) is 2.92. The lowest BCUT2D eigenvalue weighted by Crippen LogP contribution is -2.47. The van der Waals surface area contributed by atoms with Gasteiger partial charge in [-0.15, -0.1) is 0 Å². The first-order valence-corrected chi connectivity index (χ1v) is 7.23. The van der Waals surface area contributed by atoms with Crippen LogP contribution in [0, 0.1) is 16.7 Å². The molecule has 2 aliphatic heterocycles. The van der Waals surface area contributed by atoms with Crippen LogP contribution in [0.25, 0.3) is 0 Å². The first kappa shape index (κ1) is 14.3. The molecule has 1 N–H and O–H groups in total. The minimum atomic E-state index is -0.867. The molecule has 0 aliphatic carbocycles. The molecule has 2 heterocycles. The quantitative estimate of drug-likeness (QED) is 0.820. The van der Waals surface area contributed by atoms with Gasteiger partial charge in [0, 0.05) is 25.8 Å². The van der Waals surface area contributed by atoms with Crippen molar-refractivity contribution in [2.75, 3.05) is 32.8 Å². The second-order valence-electron chi connectivity index (χ2n) is 5.44. The fourth-order valence-electron chi connectivity index (χ4n) is 3.03. The Morgan fingerprint density at radius 2 is 2.26 bits per heavy atom. The molecule has 2 rings (SSSR count). The Bertz CT molecular complexity index is 358. The fraction of sp³-hybridized carbons (Fsp3) is 0.857. The molecule has 0 aromatic rings. The van der Waals surface area contributed by atoms with E-state index < -0.39 is 5.41 Å². The number of hydrogen-bond donors (Lipinski definition) is 1. The van der Waals surface area contributed by atoms with E-state index in [0.717, 1.165) is 19.5 Å². The van der Waals surface area contributed by atoms with Crippen molar-refractivity contribution < 1.29 is 9.53 Å². The van der Waals surface area contributed by atoms with Crippen LogP contribution in [0.5, 0.6) is 0 Å². The van der Waals surface area contributed by atoms with Crippen LogP contribution >= 0.6 is 0 Å². The van der Waals surface area contributed by atoms with Gasteiger partial charge in [0.1, 0.15) is 5.41 Å². The first-order valence-electron chi connectivity index (χ1n) is 7.23. The van der Waals surface area contributed by atoms with Gasteiger partial charge in [-0.3, -0.25) is 9.69 Å². The molecule has 0 aromatic carbocycles. The van der Waals surface area contributed by atoms with Gasteiger partial charge in [0.2, 0.25) is 5.91 Å². The molecule has 2 aliphatic rings. The van der Waals surface area contributed by atoms with E-state index in [1.807, 2.05) is 0 Å². The summed E-state index contributed by atoms with van der Waals surface area (Å²) in [6, 6.07) is 2.65. The molecule has 0 spiro atoms. The smallest absolute Gasteiger partial charge is 0.240 e. The summed E-state index contributed by atoms with van der Waals surface area (Å²) in [5, 5.41) is 12.3. The Labute approximate surface area is 114 Å². The predicted molar refractivity (Wildman–Crippen MR) is 71.4 cm³/mol. The van der Waals surface area contributed by atoms with Gasteiger partial charge in [0.05, 0.1) is 6.07 Å². The van der Waals surface area contributed by atoms with E-state index in [9.17, 15) is 10.1 Å². The van der Waals surface area contributed by atoms with Crippen LogP contribution in [-0.4, -0.2) is 49.7 Å². The van der Waals surface area contributed by atoms with Gasteiger partial charge in [-0.05, 0) is 38.8 Å². The Morgan fingerprint density at radius 1 is 1.53 bits per heavy atom. The van der Waals surface area contributed by atoms with E-state index in [-0.39, 0.29) is 5.91 Å². The number of likely N-dealkylation sites (tertiary alicyclic amines) is 1. The molecule has 2 saturated heterocycles. The van der Waals surface area contributed by atoms with Gasteiger partial charge in [0.25, 0.3) is 0 Å². The van der Waals surface area contributed by atoms with Gasteiger partial charge in [-0.1, -0.05) is 6.92 Å². The van der Waals surface area contributed by atoms with Crippen molar-refractivity contribution in [2.24, 2.45) is 5.41 Å². The van der Waals surface area contributed by atoms with Crippen molar-refractivity contribution >= 4 is 5.91 Å². The van der Waals surface area contributed by atoms with Crippen molar-refractivity contribution in [1.29, 1.82) is 5.26 Å². The first-order chi connectivity index (χ1) is 9.22. The van der Waals surface area contributed by atoms with E-state index in [1.165, 1.54) is 6.42 Å². The lowest BCUT2D eigenvalue weighted by molar-refractivity contribution is -0.132. The van der Waals surface area contributed by atoms with Crippen molar-refractivity contribution in [3.8, 4) is 6.07 Å². The van der Waals surface area contributed by atoms with Gasteiger partial charge < -0.3 is 10.1 Å². The molecular formula is C14H23N3O2. The standard InChI is InChI=1S/C14H23N3O2/c1-2-17-7-3-4-12(17)10-16-13(18)14(11-15)5-8-19-9-6-14/h12H,2-10H2,1H3,(H,16,18). The molecule has 1 atom stereocenters. The summed E-state index contributed by atoms with van der Waals surface area (Å²) in [5.74, 6) is -0.110.